The number of aliphatic hydroxyl groups excluding tert-OH is 2. The van der Waals surface area contributed by atoms with Crippen LogP contribution in [0.5, 0.6) is 5.75 Å². The predicted molar refractivity (Wildman–Crippen MR) is 82.0 cm³/mol. The van der Waals surface area contributed by atoms with Crippen LogP contribution in [0.3, 0.4) is 0 Å². The lowest BCUT2D eigenvalue weighted by atomic mass is 9.98. The SMILES string of the molecule is COc1ccc(C#CCO)c(CN2CCCC(CO)C2)c1. The summed E-state index contributed by atoms with van der Waals surface area (Å²) in [5.41, 5.74) is 2.03. The van der Waals surface area contributed by atoms with Crippen LogP contribution in [0.15, 0.2) is 18.2 Å². The fraction of sp³-hybridized carbons (Fsp3) is 0.529. The molecule has 0 radical (unpaired) electrons. The lowest BCUT2D eigenvalue weighted by molar-refractivity contribution is 0.116. The number of benzene rings is 1. The monoisotopic (exact) mass is 289 g/mol. The molecule has 1 aliphatic rings. The first-order valence-corrected chi connectivity index (χ1v) is 7.36. The molecule has 4 heteroatoms. The molecule has 2 rings (SSSR count). The fourth-order valence-electron chi connectivity index (χ4n) is 2.77. The number of piperidine rings is 1. The van der Waals surface area contributed by atoms with Gasteiger partial charge in [-0.05, 0) is 49.1 Å². The van der Waals surface area contributed by atoms with Crippen molar-refractivity contribution in [3.8, 4) is 17.6 Å². The van der Waals surface area contributed by atoms with Crippen LogP contribution < -0.4 is 4.74 Å². The molecule has 1 aromatic carbocycles. The lowest BCUT2D eigenvalue weighted by Crippen LogP contribution is -2.36. The van der Waals surface area contributed by atoms with Gasteiger partial charge >= 0.3 is 0 Å². The predicted octanol–water partition coefficient (Wildman–Crippen LogP) is 1.24. The van der Waals surface area contributed by atoms with E-state index in [4.69, 9.17) is 9.84 Å². The van der Waals surface area contributed by atoms with Crippen LogP contribution >= 0.6 is 0 Å². The molecule has 21 heavy (non-hydrogen) atoms. The number of methoxy groups -OCH3 is 1. The minimum Gasteiger partial charge on any atom is -0.497 e. The third-order valence-electron chi connectivity index (χ3n) is 3.87. The van der Waals surface area contributed by atoms with E-state index in [-0.39, 0.29) is 13.2 Å². The summed E-state index contributed by atoms with van der Waals surface area (Å²) in [4.78, 5) is 2.35. The number of hydrogen-bond donors (Lipinski definition) is 2. The molecule has 114 valence electrons. The van der Waals surface area contributed by atoms with Gasteiger partial charge in [0.1, 0.15) is 12.4 Å². The number of rotatable bonds is 4. The smallest absolute Gasteiger partial charge is 0.119 e. The molecule has 1 aliphatic heterocycles. The van der Waals surface area contributed by atoms with Gasteiger partial charge in [0.2, 0.25) is 0 Å². The fourth-order valence-corrected chi connectivity index (χ4v) is 2.77. The largest absolute Gasteiger partial charge is 0.497 e. The van der Waals surface area contributed by atoms with Gasteiger partial charge in [-0.15, -0.1) is 0 Å². The maximum absolute atomic E-state index is 9.33. The molecule has 0 spiro atoms. The van der Waals surface area contributed by atoms with Gasteiger partial charge in [-0.25, -0.2) is 0 Å². The van der Waals surface area contributed by atoms with E-state index in [1.165, 1.54) is 0 Å². The van der Waals surface area contributed by atoms with E-state index in [9.17, 15) is 5.11 Å². The van der Waals surface area contributed by atoms with Gasteiger partial charge in [-0.2, -0.15) is 0 Å². The first-order valence-electron chi connectivity index (χ1n) is 7.36. The quantitative estimate of drug-likeness (QED) is 0.819. The van der Waals surface area contributed by atoms with Crippen molar-refractivity contribution >= 4 is 0 Å². The third-order valence-corrected chi connectivity index (χ3v) is 3.87. The Morgan fingerprint density at radius 3 is 2.95 bits per heavy atom. The molecule has 0 aliphatic carbocycles. The van der Waals surface area contributed by atoms with Gasteiger partial charge in [0.25, 0.3) is 0 Å². The van der Waals surface area contributed by atoms with E-state index in [1.807, 2.05) is 18.2 Å². The maximum Gasteiger partial charge on any atom is 0.119 e. The average molecular weight is 289 g/mol. The Hall–Kier alpha value is -1.54. The summed E-state index contributed by atoms with van der Waals surface area (Å²) in [5, 5.41) is 18.2. The van der Waals surface area contributed by atoms with Crippen molar-refractivity contribution in [3.63, 3.8) is 0 Å². The number of nitrogens with zero attached hydrogens (tertiary/aromatic N) is 1. The molecule has 0 bridgehead atoms. The molecular weight excluding hydrogens is 266 g/mol. The van der Waals surface area contributed by atoms with Crippen molar-refractivity contribution < 1.29 is 14.9 Å². The Labute approximate surface area is 126 Å². The lowest BCUT2D eigenvalue weighted by Gasteiger charge is -2.32. The van der Waals surface area contributed by atoms with Gasteiger partial charge in [-0.1, -0.05) is 11.8 Å². The van der Waals surface area contributed by atoms with E-state index in [0.717, 1.165) is 49.4 Å². The van der Waals surface area contributed by atoms with E-state index in [2.05, 4.69) is 16.7 Å². The van der Waals surface area contributed by atoms with Crippen LogP contribution in [0, 0.1) is 17.8 Å². The van der Waals surface area contributed by atoms with Crippen molar-refractivity contribution in [1.29, 1.82) is 0 Å². The van der Waals surface area contributed by atoms with Crippen LogP contribution in [0.1, 0.15) is 24.0 Å². The highest BCUT2D eigenvalue weighted by Crippen LogP contribution is 2.22. The van der Waals surface area contributed by atoms with Crippen molar-refractivity contribution in [2.75, 3.05) is 33.4 Å². The number of hydrogen-bond acceptors (Lipinski definition) is 4. The number of aliphatic hydroxyl groups is 2. The van der Waals surface area contributed by atoms with Gasteiger partial charge in [0, 0.05) is 25.3 Å². The molecule has 1 saturated heterocycles. The zero-order valence-corrected chi connectivity index (χ0v) is 12.5. The topological polar surface area (TPSA) is 52.9 Å². The molecule has 0 aromatic heterocycles. The summed E-state index contributed by atoms with van der Waals surface area (Å²) in [6.45, 7) is 2.87. The minimum absolute atomic E-state index is 0.137. The van der Waals surface area contributed by atoms with Gasteiger partial charge in [0.05, 0.1) is 7.11 Å². The molecule has 1 atom stereocenters. The standard InChI is InChI=1S/C17H23NO3/c1-21-17-7-6-15(5-3-9-19)16(10-17)12-18-8-2-4-14(11-18)13-20/h6-7,10,14,19-20H,2,4,8-9,11-13H2,1H3. The van der Waals surface area contributed by atoms with Crippen LogP contribution in [0.4, 0.5) is 0 Å². The Morgan fingerprint density at radius 1 is 1.38 bits per heavy atom. The Morgan fingerprint density at radius 2 is 2.24 bits per heavy atom. The Bertz CT molecular complexity index is 519. The summed E-state index contributed by atoms with van der Waals surface area (Å²) in [6, 6.07) is 5.83. The van der Waals surface area contributed by atoms with Crippen molar-refractivity contribution in [3.05, 3.63) is 29.3 Å². The van der Waals surface area contributed by atoms with E-state index in [0.29, 0.717) is 5.92 Å². The third kappa shape index (κ3) is 4.47. The number of likely N-dealkylation sites (tertiary alicyclic amines) is 1. The molecule has 1 unspecified atom stereocenters. The van der Waals surface area contributed by atoms with Crippen LogP contribution in [0.25, 0.3) is 0 Å². The second-order valence-electron chi connectivity index (χ2n) is 5.41. The number of ether oxygens (including phenoxy) is 1. The van der Waals surface area contributed by atoms with Gasteiger partial charge in [0.15, 0.2) is 0 Å². The Balaban J connectivity index is 2.16. The second kappa shape index (κ2) is 8.04. The highest BCUT2D eigenvalue weighted by molar-refractivity contribution is 5.45. The second-order valence-corrected chi connectivity index (χ2v) is 5.41. The first kappa shape index (κ1) is 15.8. The first-order chi connectivity index (χ1) is 10.3. The summed E-state index contributed by atoms with van der Waals surface area (Å²) < 4.78 is 5.29. The molecule has 0 saturated carbocycles. The Kier molecular flexibility index (Phi) is 6.06. The van der Waals surface area contributed by atoms with Crippen molar-refractivity contribution in [2.24, 2.45) is 5.92 Å². The summed E-state index contributed by atoms with van der Waals surface area (Å²) >= 11 is 0. The molecule has 2 N–H and O–H groups in total. The van der Waals surface area contributed by atoms with Crippen LogP contribution in [0.2, 0.25) is 0 Å². The maximum atomic E-state index is 9.33. The normalized spacial score (nSPS) is 18.9. The average Bonchev–Trinajstić information content (AvgIpc) is 2.53. The zero-order valence-electron chi connectivity index (χ0n) is 12.5. The van der Waals surface area contributed by atoms with E-state index < -0.39 is 0 Å². The van der Waals surface area contributed by atoms with E-state index in [1.54, 1.807) is 7.11 Å². The van der Waals surface area contributed by atoms with Gasteiger partial charge < -0.3 is 14.9 Å². The molecule has 1 heterocycles. The molecule has 4 nitrogen and oxygen atoms in total. The van der Waals surface area contributed by atoms with Crippen molar-refractivity contribution in [2.45, 2.75) is 19.4 Å². The highest BCUT2D eigenvalue weighted by Gasteiger charge is 2.20. The summed E-state index contributed by atoms with van der Waals surface area (Å²) in [6.07, 6.45) is 2.22. The highest BCUT2D eigenvalue weighted by atomic mass is 16.5. The van der Waals surface area contributed by atoms with Gasteiger partial charge in [-0.3, -0.25) is 4.90 Å². The van der Waals surface area contributed by atoms with E-state index >= 15 is 0 Å². The molecule has 1 fully saturated rings. The van der Waals surface area contributed by atoms with Crippen LogP contribution in [-0.4, -0.2) is 48.5 Å². The summed E-state index contributed by atoms with van der Waals surface area (Å²) in [7, 11) is 1.65. The molecule has 1 aromatic rings. The zero-order chi connectivity index (χ0) is 15.1. The van der Waals surface area contributed by atoms with Crippen LogP contribution in [-0.2, 0) is 6.54 Å². The molecule has 0 amide bonds. The summed E-state index contributed by atoms with van der Waals surface area (Å²) in [5.74, 6) is 6.89. The minimum atomic E-state index is -0.137. The molecular formula is C17H23NO3. The van der Waals surface area contributed by atoms with Crippen molar-refractivity contribution in [1.82, 2.24) is 4.90 Å².